The summed E-state index contributed by atoms with van der Waals surface area (Å²) in [6, 6.07) is 0. The van der Waals surface area contributed by atoms with Crippen LogP contribution in [0.3, 0.4) is 0 Å². The fourth-order valence-corrected chi connectivity index (χ4v) is 0.485. The number of allylic oxidation sites excluding steroid dienone is 2. The van der Waals surface area contributed by atoms with Crippen LogP contribution in [0.5, 0.6) is 0 Å². The molecule has 2 heteroatoms. The summed E-state index contributed by atoms with van der Waals surface area (Å²) >= 11 is 0. The Hall–Kier alpha value is -0.890. The Labute approximate surface area is 81.7 Å². The van der Waals surface area contributed by atoms with Crippen molar-refractivity contribution in [1.29, 1.82) is 0 Å². The van der Waals surface area contributed by atoms with Gasteiger partial charge < -0.3 is 5.11 Å². The number of hydrogen-bond acceptors (Lipinski definition) is 2. The highest BCUT2D eigenvalue weighted by molar-refractivity contribution is 5.70. The molecule has 0 aromatic carbocycles. The third-order valence-electron chi connectivity index (χ3n) is 1.37. The van der Waals surface area contributed by atoms with Crippen molar-refractivity contribution in [2.75, 3.05) is 0 Å². The van der Waals surface area contributed by atoms with Crippen molar-refractivity contribution < 1.29 is 5.11 Å². The first-order valence-corrected chi connectivity index (χ1v) is 4.66. The molecule has 0 spiro atoms. The first-order valence-electron chi connectivity index (χ1n) is 4.66. The molecule has 13 heavy (non-hydrogen) atoms. The van der Waals surface area contributed by atoms with E-state index in [0.717, 1.165) is 12.8 Å². The molecule has 0 unspecified atom stereocenters. The molecule has 0 bridgehead atoms. The van der Waals surface area contributed by atoms with E-state index in [-0.39, 0.29) is 6.10 Å². The molecule has 0 amide bonds. The fraction of sp³-hybridized carbons (Fsp3) is 0.545. The lowest BCUT2D eigenvalue weighted by Crippen LogP contribution is -1.99. The smallest absolute Gasteiger partial charge is 0.0535 e. The third kappa shape index (κ3) is 18.2. The van der Waals surface area contributed by atoms with Gasteiger partial charge >= 0.3 is 0 Å². The van der Waals surface area contributed by atoms with E-state index in [4.69, 9.17) is 5.11 Å². The van der Waals surface area contributed by atoms with Crippen molar-refractivity contribution in [3.63, 3.8) is 0 Å². The van der Waals surface area contributed by atoms with Gasteiger partial charge in [0, 0.05) is 12.4 Å². The molecule has 0 aliphatic rings. The summed E-state index contributed by atoms with van der Waals surface area (Å²) in [4.78, 5) is 3.78. The van der Waals surface area contributed by atoms with Crippen LogP contribution in [0.2, 0.25) is 0 Å². The minimum atomic E-state index is -0.0648. The van der Waals surface area contributed by atoms with Crippen LogP contribution < -0.4 is 0 Å². The molecule has 0 saturated heterocycles. The maximum atomic E-state index is 8.67. The average Bonchev–Trinajstić information content (AvgIpc) is 2.18. The SMILES string of the molecule is C=CC=N/C=C\C.CCC(O)CC. The van der Waals surface area contributed by atoms with Crippen molar-refractivity contribution in [3.8, 4) is 0 Å². The Kier molecular flexibility index (Phi) is 15.4. The Morgan fingerprint density at radius 2 is 1.92 bits per heavy atom. The lowest BCUT2D eigenvalue weighted by Gasteiger charge is -1.98. The molecule has 0 rings (SSSR count). The van der Waals surface area contributed by atoms with Crippen LogP contribution in [0, 0.1) is 0 Å². The lowest BCUT2D eigenvalue weighted by atomic mass is 10.2. The zero-order chi connectivity index (χ0) is 10.5. The van der Waals surface area contributed by atoms with E-state index >= 15 is 0 Å². The van der Waals surface area contributed by atoms with Crippen molar-refractivity contribution in [3.05, 3.63) is 24.9 Å². The van der Waals surface area contributed by atoms with Gasteiger partial charge in [0.05, 0.1) is 6.10 Å². The Bertz CT molecular complexity index is 146. The van der Waals surface area contributed by atoms with E-state index in [1.54, 1.807) is 18.5 Å². The van der Waals surface area contributed by atoms with Crippen molar-refractivity contribution in [2.24, 2.45) is 4.99 Å². The van der Waals surface area contributed by atoms with E-state index in [2.05, 4.69) is 11.6 Å². The molecule has 0 aliphatic carbocycles. The zero-order valence-electron chi connectivity index (χ0n) is 8.90. The highest BCUT2D eigenvalue weighted by Crippen LogP contribution is 1.91. The number of aliphatic hydroxyl groups excluding tert-OH is 1. The molecule has 0 radical (unpaired) electrons. The molecule has 0 atom stereocenters. The molecule has 0 heterocycles. The summed E-state index contributed by atoms with van der Waals surface area (Å²) in [6.45, 7) is 9.33. The molecule has 1 N–H and O–H groups in total. The van der Waals surface area contributed by atoms with Crippen LogP contribution in [-0.2, 0) is 0 Å². The van der Waals surface area contributed by atoms with E-state index < -0.39 is 0 Å². The molecule has 0 aliphatic heterocycles. The summed E-state index contributed by atoms with van der Waals surface area (Å²) in [5.74, 6) is 0. The van der Waals surface area contributed by atoms with Gasteiger partial charge in [-0.3, -0.25) is 4.99 Å². The number of hydrogen-bond donors (Lipinski definition) is 1. The largest absolute Gasteiger partial charge is 0.393 e. The van der Waals surface area contributed by atoms with E-state index in [9.17, 15) is 0 Å². The number of nitrogens with zero attached hydrogens (tertiary/aromatic N) is 1. The van der Waals surface area contributed by atoms with Crippen LogP contribution in [0.1, 0.15) is 33.6 Å². The van der Waals surface area contributed by atoms with Gasteiger partial charge in [0.1, 0.15) is 0 Å². The van der Waals surface area contributed by atoms with Gasteiger partial charge in [-0.25, -0.2) is 0 Å². The maximum Gasteiger partial charge on any atom is 0.0535 e. The molecule has 2 nitrogen and oxygen atoms in total. The average molecular weight is 183 g/mol. The third-order valence-corrected chi connectivity index (χ3v) is 1.37. The summed E-state index contributed by atoms with van der Waals surface area (Å²) in [7, 11) is 0. The second-order valence-corrected chi connectivity index (χ2v) is 2.49. The summed E-state index contributed by atoms with van der Waals surface area (Å²) in [5.41, 5.74) is 0. The van der Waals surface area contributed by atoms with Crippen LogP contribution in [0.4, 0.5) is 0 Å². The lowest BCUT2D eigenvalue weighted by molar-refractivity contribution is 0.166. The summed E-state index contributed by atoms with van der Waals surface area (Å²) < 4.78 is 0. The van der Waals surface area contributed by atoms with E-state index in [1.807, 2.05) is 26.8 Å². The predicted molar refractivity (Wildman–Crippen MR) is 60.1 cm³/mol. The fourth-order valence-electron chi connectivity index (χ4n) is 0.485. The standard InChI is InChI=1S/C6H9N.C5H12O/c1-3-5-7-6-4-2;1-3-5(6)4-2/h3-6H,1H2,2H3;5-6H,3-4H2,1-2H3/b6-4-,7-5?;. The van der Waals surface area contributed by atoms with Gasteiger partial charge in [-0.15, -0.1) is 0 Å². The van der Waals surface area contributed by atoms with Crippen LogP contribution in [0.15, 0.2) is 29.9 Å². The predicted octanol–water partition coefficient (Wildman–Crippen LogP) is 2.94. The highest BCUT2D eigenvalue weighted by Gasteiger charge is 1.90. The number of aliphatic hydroxyl groups is 1. The number of rotatable bonds is 4. The molecule has 0 saturated carbocycles. The first kappa shape index (κ1) is 14.6. The van der Waals surface area contributed by atoms with E-state index in [0.29, 0.717) is 0 Å². The van der Waals surface area contributed by atoms with Crippen LogP contribution >= 0.6 is 0 Å². The van der Waals surface area contributed by atoms with Gasteiger partial charge in [0.25, 0.3) is 0 Å². The monoisotopic (exact) mass is 183 g/mol. The van der Waals surface area contributed by atoms with Gasteiger partial charge in [-0.05, 0) is 19.8 Å². The van der Waals surface area contributed by atoms with Crippen molar-refractivity contribution in [1.82, 2.24) is 0 Å². The molecule has 76 valence electrons. The topological polar surface area (TPSA) is 32.6 Å². The van der Waals surface area contributed by atoms with Gasteiger partial charge in [0.15, 0.2) is 0 Å². The van der Waals surface area contributed by atoms with Crippen molar-refractivity contribution >= 4 is 6.21 Å². The molecule has 0 aromatic heterocycles. The van der Waals surface area contributed by atoms with Crippen molar-refractivity contribution in [2.45, 2.75) is 39.7 Å². The minimum absolute atomic E-state index is 0.0648. The van der Waals surface area contributed by atoms with Crippen LogP contribution in [0.25, 0.3) is 0 Å². The minimum Gasteiger partial charge on any atom is -0.393 e. The second-order valence-electron chi connectivity index (χ2n) is 2.49. The van der Waals surface area contributed by atoms with Gasteiger partial charge in [-0.1, -0.05) is 32.6 Å². The van der Waals surface area contributed by atoms with Gasteiger partial charge in [-0.2, -0.15) is 0 Å². The Morgan fingerprint density at radius 1 is 1.38 bits per heavy atom. The molecular weight excluding hydrogens is 162 g/mol. The molecule has 0 aromatic rings. The summed E-state index contributed by atoms with van der Waals surface area (Å²) in [6.07, 6.45) is 8.55. The molecule has 0 fully saturated rings. The Morgan fingerprint density at radius 3 is 2.15 bits per heavy atom. The zero-order valence-corrected chi connectivity index (χ0v) is 8.90. The molecular formula is C11H21NO. The normalized spacial score (nSPS) is 10.5. The Balaban J connectivity index is 0. The number of aliphatic imine (C=N–C) groups is 1. The highest BCUT2D eigenvalue weighted by atomic mass is 16.3. The van der Waals surface area contributed by atoms with Crippen LogP contribution in [-0.4, -0.2) is 17.4 Å². The second kappa shape index (κ2) is 13.7. The van der Waals surface area contributed by atoms with Gasteiger partial charge in [0.2, 0.25) is 0 Å². The van der Waals surface area contributed by atoms with E-state index in [1.165, 1.54) is 0 Å². The maximum absolute atomic E-state index is 8.67. The first-order chi connectivity index (χ1) is 6.22. The quantitative estimate of drug-likeness (QED) is 0.668. The summed E-state index contributed by atoms with van der Waals surface area (Å²) in [5, 5.41) is 8.67.